The first kappa shape index (κ1) is 16.6. The summed E-state index contributed by atoms with van der Waals surface area (Å²) in [6.45, 7) is 0.831. The molecular formula is C16H15Cl2FN2O. The number of hydrogen-bond donors (Lipinski definition) is 2. The van der Waals surface area contributed by atoms with E-state index in [1.807, 2.05) is 0 Å². The Morgan fingerprint density at radius 1 is 1.09 bits per heavy atom. The summed E-state index contributed by atoms with van der Waals surface area (Å²) < 4.78 is 12.8. The predicted molar refractivity (Wildman–Crippen MR) is 87.8 cm³/mol. The van der Waals surface area contributed by atoms with Crippen molar-refractivity contribution in [1.29, 1.82) is 0 Å². The third-order valence-corrected chi connectivity index (χ3v) is 3.55. The largest absolute Gasteiger partial charge is 0.383 e. The van der Waals surface area contributed by atoms with Gasteiger partial charge in [0.25, 0.3) is 0 Å². The van der Waals surface area contributed by atoms with E-state index in [4.69, 9.17) is 23.2 Å². The second-order valence-corrected chi connectivity index (χ2v) is 5.55. The van der Waals surface area contributed by atoms with Crippen molar-refractivity contribution in [1.82, 2.24) is 5.32 Å². The molecule has 116 valence electrons. The summed E-state index contributed by atoms with van der Waals surface area (Å²) >= 11 is 11.8. The molecular weight excluding hydrogens is 326 g/mol. The SMILES string of the molecule is O=C(CCNc1ccc(Cl)cc1Cl)NCc1ccc(F)cc1. The zero-order chi connectivity index (χ0) is 15.9. The van der Waals surface area contributed by atoms with E-state index in [-0.39, 0.29) is 11.7 Å². The second kappa shape index (κ2) is 8.01. The molecule has 0 radical (unpaired) electrons. The highest BCUT2D eigenvalue weighted by molar-refractivity contribution is 6.36. The number of anilines is 1. The Hall–Kier alpha value is -1.78. The summed E-state index contributed by atoms with van der Waals surface area (Å²) in [4.78, 5) is 11.7. The van der Waals surface area contributed by atoms with E-state index >= 15 is 0 Å². The first-order valence-corrected chi connectivity index (χ1v) is 7.50. The smallest absolute Gasteiger partial charge is 0.222 e. The van der Waals surface area contributed by atoms with Crippen molar-refractivity contribution < 1.29 is 9.18 Å². The number of amides is 1. The molecule has 2 rings (SSSR count). The first-order valence-electron chi connectivity index (χ1n) is 6.74. The standard InChI is InChI=1S/C16H15Cl2FN2O/c17-12-3-6-15(14(18)9-12)20-8-7-16(22)21-10-11-1-4-13(19)5-2-11/h1-6,9,20H,7-8,10H2,(H,21,22). The number of rotatable bonds is 6. The van der Waals surface area contributed by atoms with E-state index in [1.54, 1.807) is 30.3 Å². The molecule has 2 N–H and O–H groups in total. The Balaban J connectivity index is 1.72. The molecule has 2 aromatic carbocycles. The predicted octanol–water partition coefficient (Wildman–Crippen LogP) is 4.25. The lowest BCUT2D eigenvalue weighted by Gasteiger charge is -2.09. The van der Waals surface area contributed by atoms with Crippen LogP contribution < -0.4 is 10.6 Å². The second-order valence-electron chi connectivity index (χ2n) is 4.70. The highest BCUT2D eigenvalue weighted by atomic mass is 35.5. The molecule has 0 fully saturated rings. The van der Waals surface area contributed by atoms with Crippen LogP contribution in [0.4, 0.5) is 10.1 Å². The number of carbonyl (C=O) groups is 1. The number of hydrogen-bond acceptors (Lipinski definition) is 2. The lowest BCUT2D eigenvalue weighted by molar-refractivity contribution is -0.121. The van der Waals surface area contributed by atoms with Crippen molar-refractivity contribution in [3.63, 3.8) is 0 Å². The van der Waals surface area contributed by atoms with E-state index in [2.05, 4.69) is 10.6 Å². The van der Waals surface area contributed by atoms with E-state index in [0.29, 0.717) is 29.6 Å². The number of halogens is 3. The van der Waals surface area contributed by atoms with Crippen LogP contribution in [0.3, 0.4) is 0 Å². The fraction of sp³-hybridized carbons (Fsp3) is 0.188. The summed E-state index contributed by atoms with van der Waals surface area (Å²) in [6.07, 6.45) is 0.306. The molecule has 0 atom stereocenters. The average Bonchev–Trinajstić information content (AvgIpc) is 2.49. The van der Waals surface area contributed by atoms with Crippen LogP contribution in [-0.4, -0.2) is 12.5 Å². The van der Waals surface area contributed by atoms with Gasteiger partial charge in [0.05, 0.1) is 10.7 Å². The van der Waals surface area contributed by atoms with Crippen molar-refractivity contribution in [2.75, 3.05) is 11.9 Å². The highest BCUT2D eigenvalue weighted by Crippen LogP contribution is 2.25. The van der Waals surface area contributed by atoms with Gasteiger partial charge in [-0.05, 0) is 35.9 Å². The topological polar surface area (TPSA) is 41.1 Å². The molecule has 0 aliphatic rings. The van der Waals surface area contributed by atoms with Crippen LogP contribution in [0.15, 0.2) is 42.5 Å². The van der Waals surface area contributed by atoms with Gasteiger partial charge in [-0.3, -0.25) is 4.79 Å². The maximum Gasteiger partial charge on any atom is 0.222 e. The van der Waals surface area contributed by atoms with Crippen LogP contribution in [0.5, 0.6) is 0 Å². The van der Waals surface area contributed by atoms with Crippen LogP contribution in [-0.2, 0) is 11.3 Å². The maximum atomic E-state index is 12.8. The quantitative estimate of drug-likeness (QED) is 0.825. The van der Waals surface area contributed by atoms with E-state index in [1.165, 1.54) is 12.1 Å². The molecule has 3 nitrogen and oxygen atoms in total. The molecule has 0 heterocycles. The Morgan fingerprint density at radius 3 is 2.50 bits per heavy atom. The first-order chi connectivity index (χ1) is 10.5. The summed E-state index contributed by atoms with van der Waals surface area (Å²) in [6, 6.07) is 11.1. The summed E-state index contributed by atoms with van der Waals surface area (Å²) in [7, 11) is 0. The molecule has 0 saturated heterocycles. The van der Waals surface area contributed by atoms with Gasteiger partial charge >= 0.3 is 0 Å². The van der Waals surface area contributed by atoms with Gasteiger partial charge < -0.3 is 10.6 Å². The molecule has 22 heavy (non-hydrogen) atoms. The molecule has 0 aromatic heterocycles. The number of carbonyl (C=O) groups excluding carboxylic acids is 1. The van der Waals surface area contributed by atoms with Crippen molar-refractivity contribution in [2.45, 2.75) is 13.0 Å². The van der Waals surface area contributed by atoms with Crippen molar-refractivity contribution in [3.05, 3.63) is 63.9 Å². The molecule has 6 heteroatoms. The average molecular weight is 341 g/mol. The van der Waals surface area contributed by atoms with Crippen LogP contribution in [0.1, 0.15) is 12.0 Å². The van der Waals surface area contributed by atoms with Crippen molar-refractivity contribution >= 4 is 34.8 Å². The minimum atomic E-state index is -0.292. The minimum absolute atomic E-state index is 0.0955. The third kappa shape index (κ3) is 5.20. The molecule has 2 aromatic rings. The van der Waals surface area contributed by atoms with Crippen LogP contribution >= 0.6 is 23.2 Å². The van der Waals surface area contributed by atoms with Crippen LogP contribution in [0.25, 0.3) is 0 Å². The van der Waals surface area contributed by atoms with Gasteiger partial charge in [0.1, 0.15) is 5.82 Å². The van der Waals surface area contributed by atoms with E-state index < -0.39 is 0 Å². The number of benzene rings is 2. The molecule has 0 aliphatic carbocycles. The van der Waals surface area contributed by atoms with Crippen LogP contribution in [0, 0.1) is 5.82 Å². The summed E-state index contributed by atoms with van der Waals surface area (Å²) in [5, 5.41) is 6.92. The number of nitrogens with one attached hydrogen (secondary N) is 2. The lowest BCUT2D eigenvalue weighted by atomic mass is 10.2. The Kier molecular flexibility index (Phi) is 6.04. The lowest BCUT2D eigenvalue weighted by Crippen LogP contribution is -2.24. The Bertz CT molecular complexity index is 647. The third-order valence-electron chi connectivity index (χ3n) is 3.00. The highest BCUT2D eigenvalue weighted by Gasteiger charge is 2.04. The Labute approximate surface area is 138 Å². The van der Waals surface area contributed by atoms with Crippen molar-refractivity contribution in [2.24, 2.45) is 0 Å². The fourth-order valence-electron chi connectivity index (χ4n) is 1.83. The van der Waals surface area contributed by atoms with Gasteiger partial charge in [0, 0.05) is 24.5 Å². The van der Waals surface area contributed by atoms with Gasteiger partial charge in [0.15, 0.2) is 0 Å². The zero-order valence-electron chi connectivity index (χ0n) is 11.7. The Morgan fingerprint density at radius 2 is 1.82 bits per heavy atom. The molecule has 0 bridgehead atoms. The van der Waals surface area contributed by atoms with Gasteiger partial charge in [-0.2, -0.15) is 0 Å². The van der Waals surface area contributed by atoms with E-state index in [0.717, 1.165) is 11.3 Å². The fourth-order valence-corrected chi connectivity index (χ4v) is 2.31. The van der Waals surface area contributed by atoms with Gasteiger partial charge in [0.2, 0.25) is 5.91 Å². The van der Waals surface area contributed by atoms with Gasteiger partial charge in [-0.25, -0.2) is 4.39 Å². The molecule has 0 unspecified atom stereocenters. The van der Waals surface area contributed by atoms with Crippen molar-refractivity contribution in [3.8, 4) is 0 Å². The summed E-state index contributed by atoms with van der Waals surface area (Å²) in [5.74, 6) is -0.388. The molecule has 0 saturated carbocycles. The summed E-state index contributed by atoms with van der Waals surface area (Å²) in [5.41, 5.74) is 1.58. The van der Waals surface area contributed by atoms with Gasteiger partial charge in [-0.1, -0.05) is 35.3 Å². The maximum absolute atomic E-state index is 12.8. The molecule has 0 aliphatic heterocycles. The molecule has 1 amide bonds. The normalized spacial score (nSPS) is 10.3. The van der Waals surface area contributed by atoms with E-state index in [9.17, 15) is 9.18 Å². The zero-order valence-corrected chi connectivity index (χ0v) is 13.2. The monoisotopic (exact) mass is 340 g/mol. The molecule has 0 spiro atoms. The van der Waals surface area contributed by atoms with Crippen LogP contribution in [0.2, 0.25) is 10.0 Å². The minimum Gasteiger partial charge on any atom is -0.383 e. The van der Waals surface area contributed by atoms with Gasteiger partial charge in [-0.15, -0.1) is 0 Å².